The third kappa shape index (κ3) is 10.2. The van der Waals surface area contributed by atoms with Gasteiger partial charge in [0.2, 0.25) is 0 Å². The second kappa shape index (κ2) is 11.8. The van der Waals surface area contributed by atoms with Crippen LogP contribution in [0.1, 0.15) is 52.9 Å². The van der Waals surface area contributed by atoms with E-state index in [0.29, 0.717) is 0 Å². The lowest BCUT2D eigenvalue weighted by Gasteiger charge is -2.11. The van der Waals surface area contributed by atoms with E-state index in [-0.39, 0.29) is 6.29 Å². The Labute approximate surface area is 105 Å². The van der Waals surface area contributed by atoms with Gasteiger partial charge in [-0.05, 0) is 52.5 Å². The molecule has 0 aromatic heterocycles. The molecule has 3 nitrogen and oxygen atoms in total. The summed E-state index contributed by atoms with van der Waals surface area (Å²) in [6, 6.07) is 0. The Morgan fingerprint density at radius 2 is 1.65 bits per heavy atom. The van der Waals surface area contributed by atoms with Gasteiger partial charge in [-0.3, -0.25) is 4.79 Å². The first kappa shape index (κ1) is 16.3. The fourth-order valence-electron chi connectivity index (χ4n) is 1.79. The lowest BCUT2D eigenvalue weighted by molar-refractivity contribution is -0.123. The molecule has 0 saturated heterocycles. The molecule has 0 heterocycles. The molecule has 17 heavy (non-hydrogen) atoms. The molecule has 1 rings (SSSR count). The van der Waals surface area contributed by atoms with Crippen LogP contribution < -0.4 is 0 Å². The van der Waals surface area contributed by atoms with Gasteiger partial charge in [0, 0.05) is 13.2 Å². The van der Waals surface area contributed by atoms with E-state index < -0.39 is 0 Å². The molecule has 0 spiro atoms. The van der Waals surface area contributed by atoms with Gasteiger partial charge in [-0.2, -0.15) is 0 Å². The van der Waals surface area contributed by atoms with E-state index in [1.165, 1.54) is 24.8 Å². The highest BCUT2D eigenvalue weighted by Crippen LogP contribution is 2.21. The standard InChI is InChI=1S/C8H12O.C6H14O2/c9-7-6-8-4-2-1-3-5-8;1-4-7-6(3)8-5-2/h6-7H,1-5H2;6H,4-5H2,1-3H3. The quantitative estimate of drug-likeness (QED) is 0.420. The van der Waals surface area contributed by atoms with E-state index in [4.69, 9.17) is 9.47 Å². The Morgan fingerprint density at radius 1 is 1.12 bits per heavy atom. The predicted molar refractivity (Wildman–Crippen MR) is 69.9 cm³/mol. The van der Waals surface area contributed by atoms with Crippen LogP contribution in [0.15, 0.2) is 11.6 Å². The molecule has 0 aromatic carbocycles. The van der Waals surface area contributed by atoms with Gasteiger partial charge in [-0.1, -0.05) is 12.0 Å². The van der Waals surface area contributed by atoms with Crippen LogP contribution in [0.3, 0.4) is 0 Å². The molecule has 1 aliphatic rings. The molecule has 1 saturated carbocycles. The second-order valence-electron chi connectivity index (χ2n) is 4.00. The molecule has 1 fully saturated rings. The second-order valence-corrected chi connectivity index (χ2v) is 4.00. The Bertz CT molecular complexity index is 198. The van der Waals surface area contributed by atoms with Crippen LogP contribution in [-0.2, 0) is 14.3 Å². The Balaban J connectivity index is 0.000000304. The number of ether oxygens (including phenoxy) is 2. The lowest BCUT2D eigenvalue weighted by atomic mass is 9.95. The molecule has 0 amide bonds. The summed E-state index contributed by atoms with van der Waals surface area (Å²) in [5.74, 6) is 0. The maximum absolute atomic E-state index is 10.00. The number of rotatable bonds is 5. The van der Waals surface area contributed by atoms with E-state index in [0.717, 1.165) is 32.3 Å². The molecule has 0 N–H and O–H groups in total. The Morgan fingerprint density at radius 3 is 2.06 bits per heavy atom. The summed E-state index contributed by atoms with van der Waals surface area (Å²) >= 11 is 0. The van der Waals surface area contributed by atoms with Crippen LogP contribution in [0.25, 0.3) is 0 Å². The number of aldehydes is 1. The molecule has 3 heteroatoms. The van der Waals surface area contributed by atoms with Gasteiger partial charge in [-0.25, -0.2) is 0 Å². The van der Waals surface area contributed by atoms with E-state index in [1.807, 2.05) is 20.8 Å². The smallest absolute Gasteiger partial charge is 0.154 e. The zero-order chi connectivity index (χ0) is 12.9. The molecule has 0 aliphatic heterocycles. The van der Waals surface area contributed by atoms with Crippen molar-refractivity contribution >= 4 is 6.29 Å². The van der Waals surface area contributed by atoms with Crippen molar-refractivity contribution in [1.82, 2.24) is 0 Å². The highest BCUT2D eigenvalue weighted by molar-refractivity contribution is 5.66. The maximum Gasteiger partial charge on any atom is 0.154 e. The molecule has 0 aromatic rings. The number of hydrogen-bond donors (Lipinski definition) is 0. The predicted octanol–water partition coefficient (Wildman–Crippen LogP) is 3.48. The van der Waals surface area contributed by atoms with Crippen LogP contribution >= 0.6 is 0 Å². The molecule has 0 radical (unpaired) electrons. The number of allylic oxidation sites excluding steroid dienone is 2. The summed E-state index contributed by atoms with van der Waals surface area (Å²) in [5.41, 5.74) is 1.34. The van der Waals surface area contributed by atoms with Crippen molar-refractivity contribution < 1.29 is 14.3 Å². The summed E-state index contributed by atoms with van der Waals surface area (Å²) < 4.78 is 10.1. The van der Waals surface area contributed by atoms with Crippen molar-refractivity contribution in [2.75, 3.05) is 13.2 Å². The first-order chi connectivity index (χ1) is 8.24. The fourth-order valence-corrected chi connectivity index (χ4v) is 1.79. The molecule has 0 unspecified atom stereocenters. The van der Waals surface area contributed by atoms with E-state index in [2.05, 4.69) is 0 Å². The fraction of sp³-hybridized carbons (Fsp3) is 0.786. The van der Waals surface area contributed by atoms with Crippen LogP contribution in [0.4, 0.5) is 0 Å². The monoisotopic (exact) mass is 242 g/mol. The summed E-state index contributed by atoms with van der Waals surface area (Å²) in [7, 11) is 0. The topological polar surface area (TPSA) is 35.5 Å². The van der Waals surface area contributed by atoms with Crippen LogP contribution in [0.5, 0.6) is 0 Å². The maximum atomic E-state index is 10.00. The molecular formula is C14H26O3. The third-order valence-electron chi connectivity index (χ3n) is 2.60. The minimum absolute atomic E-state index is 0.0370. The van der Waals surface area contributed by atoms with E-state index >= 15 is 0 Å². The SMILES string of the molecule is CCOC(C)OCC.O=CC=C1CCCCC1. The normalized spacial score (nSPS) is 15.2. The number of carbonyl (C=O) groups excluding carboxylic acids is 1. The summed E-state index contributed by atoms with van der Waals surface area (Å²) in [5, 5.41) is 0. The number of carbonyl (C=O) groups is 1. The van der Waals surface area contributed by atoms with Gasteiger partial charge >= 0.3 is 0 Å². The van der Waals surface area contributed by atoms with Crippen LogP contribution in [-0.4, -0.2) is 25.8 Å². The lowest BCUT2D eigenvalue weighted by Crippen LogP contribution is -2.11. The zero-order valence-corrected chi connectivity index (χ0v) is 11.4. The van der Waals surface area contributed by atoms with Gasteiger partial charge in [0.1, 0.15) is 6.29 Å². The first-order valence-electron chi connectivity index (χ1n) is 6.61. The summed E-state index contributed by atoms with van der Waals surface area (Å²) in [4.78, 5) is 10.00. The summed E-state index contributed by atoms with van der Waals surface area (Å²) in [6.45, 7) is 7.25. The van der Waals surface area contributed by atoms with Crippen molar-refractivity contribution in [3.8, 4) is 0 Å². The zero-order valence-electron chi connectivity index (χ0n) is 11.4. The highest BCUT2D eigenvalue weighted by atomic mass is 16.7. The average Bonchev–Trinajstić information content (AvgIpc) is 2.32. The van der Waals surface area contributed by atoms with Gasteiger partial charge in [0.15, 0.2) is 6.29 Å². The Hall–Kier alpha value is -0.670. The summed E-state index contributed by atoms with van der Waals surface area (Å²) in [6.07, 6.45) is 8.79. The highest BCUT2D eigenvalue weighted by Gasteiger charge is 2.03. The van der Waals surface area contributed by atoms with Crippen molar-refractivity contribution in [3.05, 3.63) is 11.6 Å². The van der Waals surface area contributed by atoms with Gasteiger partial charge < -0.3 is 9.47 Å². The molecule has 0 atom stereocenters. The molecular weight excluding hydrogens is 216 g/mol. The van der Waals surface area contributed by atoms with E-state index in [1.54, 1.807) is 6.08 Å². The van der Waals surface area contributed by atoms with Crippen LogP contribution in [0, 0.1) is 0 Å². The van der Waals surface area contributed by atoms with Gasteiger partial charge in [0.25, 0.3) is 0 Å². The average molecular weight is 242 g/mol. The largest absolute Gasteiger partial charge is 0.353 e. The van der Waals surface area contributed by atoms with Crippen molar-refractivity contribution in [2.45, 2.75) is 59.2 Å². The third-order valence-corrected chi connectivity index (χ3v) is 2.60. The van der Waals surface area contributed by atoms with Crippen molar-refractivity contribution in [3.63, 3.8) is 0 Å². The van der Waals surface area contributed by atoms with Crippen molar-refractivity contribution in [2.24, 2.45) is 0 Å². The first-order valence-corrected chi connectivity index (χ1v) is 6.61. The van der Waals surface area contributed by atoms with Gasteiger partial charge in [-0.15, -0.1) is 0 Å². The molecule has 1 aliphatic carbocycles. The minimum Gasteiger partial charge on any atom is -0.353 e. The molecule has 0 bridgehead atoms. The van der Waals surface area contributed by atoms with Crippen molar-refractivity contribution in [1.29, 1.82) is 0 Å². The minimum atomic E-state index is -0.0370. The van der Waals surface area contributed by atoms with Crippen LogP contribution in [0.2, 0.25) is 0 Å². The Kier molecular flexibility index (Phi) is 11.3. The van der Waals surface area contributed by atoms with Gasteiger partial charge in [0.05, 0.1) is 0 Å². The number of hydrogen-bond acceptors (Lipinski definition) is 3. The molecule has 100 valence electrons. The van der Waals surface area contributed by atoms with E-state index in [9.17, 15) is 4.79 Å².